The predicted octanol–water partition coefficient (Wildman–Crippen LogP) is -2.53. The number of carbonyl (C=O) groups is 2. The van der Waals surface area contributed by atoms with Crippen molar-refractivity contribution in [3.05, 3.63) is 0 Å². The minimum absolute atomic E-state index is 0.0869. The minimum atomic E-state index is -1.64. The zero-order valence-corrected chi connectivity index (χ0v) is 7.20. The Morgan fingerprint density at radius 2 is 1.62 bits per heavy atom. The van der Waals surface area contributed by atoms with Gasteiger partial charge in [0, 0.05) is 0 Å². The molecule has 6 heteroatoms. The van der Waals surface area contributed by atoms with Crippen LogP contribution in [0, 0.1) is 0 Å². The van der Waals surface area contributed by atoms with Gasteiger partial charge in [-0.3, -0.25) is 0 Å². The van der Waals surface area contributed by atoms with Crippen LogP contribution in [0.3, 0.4) is 0 Å². The lowest BCUT2D eigenvalue weighted by Crippen LogP contribution is -2.40. The van der Waals surface area contributed by atoms with Crippen molar-refractivity contribution in [1.29, 1.82) is 0 Å². The number of aliphatic hydroxyl groups excluding tert-OH is 4. The van der Waals surface area contributed by atoms with Gasteiger partial charge in [-0.25, -0.2) is 0 Å². The molecule has 0 saturated heterocycles. The molecule has 6 nitrogen and oxygen atoms in total. The molecule has 0 aromatic heterocycles. The molecule has 0 aliphatic carbocycles. The number of hydrogen-bond donors (Lipinski definition) is 4. The molecule has 0 rings (SSSR count). The van der Waals surface area contributed by atoms with Crippen LogP contribution >= 0.6 is 0 Å². The molecule has 0 spiro atoms. The van der Waals surface area contributed by atoms with E-state index in [9.17, 15) is 4.79 Å². The molecule has 0 fully saturated rings. The Bertz CT molecular complexity index is 137. The molecule has 0 saturated carbocycles. The Labute approximate surface area is 75.4 Å². The fourth-order valence-electron chi connectivity index (χ4n) is 0.416. The van der Waals surface area contributed by atoms with Crippen molar-refractivity contribution in [2.75, 3.05) is 6.61 Å². The lowest BCUT2D eigenvalue weighted by molar-refractivity contribution is -0.127. The summed E-state index contributed by atoms with van der Waals surface area (Å²) in [6.07, 6.45) is -3.88. The number of aldehydes is 2. The first kappa shape index (κ1) is 14.7. The van der Waals surface area contributed by atoms with Gasteiger partial charge in [0.05, 0.1) is 6.61 Å². The van der Waals surface area contributed by atoms with Crippen molar-refractivity contribution in [3.63, 3.8) is 0 Å². The van der Waals surface area contributed by atoms with Gasteiger partial charge in [-0.1, -0.05) is 0 Å². The van der Waals surface area contributed by atoms with Gasteiger partial charge in [0.25, 0.3) is 0 Å². The third-order valence-electron chi connectivity index (χ3n) is 1.07. The van der Waals surface area contributed by atoms with Crippen LogP contribution in [0.25, 0.3) is 0 Å². The Morgan fingerprint density at radius 3 is 1.85 bits per heavy atom. The average Bonchev–Trinajstić information content (AvgIpc) is 2.15. The van der Waals surface area contributed by atoms with Gasteiger partial charge >= 0.3 is 0 Å². The van der Waals surface area contributed by atoms with E-state index >= 15 is 0 Å². The lowest BCUT2D eigenvalue weighted by Gasteiger charge is -2.16. The van der Waals surface area contributed by atoms with Crippen molar-refractivity contribution in [1.82, 2.24) is 0 Å². The highest BCUT2D eigenvalue weighted by molar-refractivity contribution is 5.56. The van der Waals surface area contributed by atoms with Gasteiger partial charge in [0.15, 0.2) is 6.29 Å². The van der Waals surface area contributed by atoms with Crippen LogP contribution < -0.4 is 0 Å². The molecule has 0 aliphatic heterocycles. The molecule has 0 amide bonds. The second-order valence-corrected chi connectivity index (χ2v) is 2.10. The maximum Gasteiger partial charge on any atom is 0.151 e. The van der Waals surface area contributed by atoms with Gasteiger partial charge in [-0.2, -0.15) is 0 Å². The van der Waals surface area contributed by atoms with Crippen LogP contribution in [0.4, 0.5) is 0 Å². The number of carbonyl (C=O) groups excluding carboxylic acids is 2. The van der Waals surface area contributed by atoms with E-state index in [0.717, 1.165) is 6.29 Å². The number of aliphatic hydroxyl groups is 4. The molecule has 78 valence electrons. The van der Waals surface area contributed by atoms with Crippen molar-refractivity contribution < 1.29 is 30.0 Å². The van der Waals surface area contributed by atoms with E-state index < -0.39 is 24.9 Å². The van der Waals surface area contributed by atoms with E-state index in [1.54, 1.807) is 0 Å². The minimum Gasteiger partial charge on any atom is -0.394 e. The third-order valence-corrected chi connectivity index (χ3v) is 1.07. The molecule has 0 aromatic carbocycles. The summed E-state index contributed by atoms with van der Waals surface area (Å²) in [6, 6.07) is 0. The zero-order chi connectivity index (χ0) is 10.9. The lowest BCUT2D eigenvalue weighted by atomic mass is 10.1. The molecule has 0 bridgehead atoms. The highest BCUT2D eigenvalue weighted by atomic mass is 16.4. The number of hydrogen-bond acceptors (Lipinski definition) is 6. The van der Waals surface area contributed by atoms with E-state index in [-0.39, 0.29) is 6.29 Å². The molecule has 0 aromatic rings. The van der Waals surface area contributed by atoms with Crippen molar-refractivity contribution in [2.45, 2.75) is 25.2 Å². The van der Waals surface area contributed by atoms with E-state index in [1.165, 1.54) is 6.92 Å². The first-order chi connectivity index (χ1) is 6.04. The first-order valence-corrected chi connectivity index (χ1v) is 3.55. The molecule has 0 radical (unpaired) electrons. The average molecular weight is 194 g/mol. The van der Waals surface area contributed by atoms with Crippen LogP contribution in [0.5, 0.6) is 0 Å². The normalized spacial score (nSPS) is 16.1. The quantitative estimate of drug-likeness (QED) is 0.367. The maximum atomic E-state index is 9.76. The van der Waals surface area contributed by atoms with E-state index in [0.29, 0.717) is 0 Å². The van der Waals surface area contributed by atoms with Crippen LogP contribution in [-0.2, 0) is 9.59 Å². The Kier molecular flexibility index (Phi) is 10.5. The van der Waals surface area contributed by atoms with Crippen LogP contribution in [0.1, 0.15) is 6.92 Å². The molecule has 0 aliphatic rings. The van der Waals surface area contributed by atoms with Crippen molar-refractivity contribution in [3.8, 4) is 0 Å². The largest absolute Gasteiger partial charge is 0.394 e. The van der Waals surface area contributed by atoms with Crippen LogP contribution in [0.15, 0.2) is 0 Å². The molecule has 0 heterocycles. The number of rotatable bonds is 4. The summed E-state index contributed by atoms with van der Waals surface area (Å²) < 4.78 is 0. The molecule has 13 heavy (non-hydrogen) atoms. The van der Waals surface area contributed by atoms with Gasteiger partial charge in [-0.15, -0.1) is 0 Å². The Hall–Kier alpha value is -0.820. The van der Waals surface area contributed by atoms with E-state index in [2.05, 4.69) is 0 Å². The predicted molar refractivity (Wildman–Crippen MR) is 42.9 cm³/mol. The van der Waals surface area contributed by atoms with Gasteiger partial charge in [0.1, 0.15) is 24.6 Å². The molecule has 3 atom stereocenters. The second kappa shape index (κ2) is 9.27. The third kappa shape index (κ3) is 7.54. The summed E-state index contributed by atoms with van der Waals surface area (Å²) in [7, 11) is 0. The second-order valence-electron chi connectivity index (χ2n) is 2.10. The van der Waals surface area contributed by atoms with Crippen LogP contribution in [-0.4, -0.2) is 57.9 Å². The Balaban J connectivity index is 0. The highest BCUT2D eigenvalue weighted by Crippen LogP contribution is 1.96. The molecule has 3 unspecified atom stereocenters. The summed E-state index contributed by atoms with van der Waals surface area (Å²) in [5, 5.41) is 34.1. The summed E-state index contributed by atoms with van der Waals surface area (Å²) in [6.45, 7) is 0.756. The SMILES string of the molecule is CC=O.O=CC(O)C(O)C(O)CO. The monoisotopic (exact) mass is 194 g/mol. The van der Waals surface area contributed by atoms with E-state index in [4.69, 9.17) is 25.2 Å². The summed E-state index contributed by atoms with van der Waals surface area (Å²) in [5.41, 5.74) is 0. The maximum absolute atomic E-state index is 9.76. The van der Waals surface area contributed by atoms with Gasteiger partial charge in [-0.05, 0) is 6.92 Å². The summed E-state index contributed by atoms with van der Waals surface area (Å²) in [5.74, 6) is 0. The smallest absolute Gasteiger partial charge is 0.151 e. The standard InChI is InChI=1S/C5H10O5.C2H4O/c6-1-3(8)5(10)4(9)2-7;1-2-3/h1,3-5,7-10H,2H2;2H,1H3. The fraction of sp³-hybridized carbons (Fsp3) is 0.714. The van der Waals surface area contributed by atoms with Crippen molar-refractivity contribution >= 4 is 12.6 Å². The zero-order valence-electron chi connectivity index (χ0n) is 7.20. The van der Waals surface area contributed by atoms with Crippen LogP contribution in [0.2, 0.25) is 0 Å². The van der Waals surface area contributed by atoms with Gasteiger partial charge in [0.2, 0.25) is 0 Å². The summed E-state index contributed by atoms with van der Waals surface area (Å²) >= 11 is 0. The molecule has 4 N–H and O–H groups in total. The highest BCUT2D eigenvalue weighted by Gasteiger charge is 2.22. The van der Waals surface area contributed by atoms with Gasteiger partial charge < -0.3 is 30.0 Å². The van der Waals surface area contributed by atoms with Crippen molar-refractivity contribution in [2.24, 2.45) is 0 Å². The fourth-order valence-corrected chi connectivity index (χ4v) is 0.416. The Morgan fingerprint density at radius 1 is 1.23 bits per heavy atom. The topological polar surface area (TPSA) is 115 Å². The molecular weight excluding hydrogens is 180 g/mol. The first-order valence-electron chi connectivity index (χ1n) is 3.55. The van der Waals surface area contributed by atoms with E-state index in [1.807, 2.05) is 0 Å². The summed E-state index contributed by atoms with van der Waals surface area (Å²) in [4.78, 5) is 18.6. The molecular formula is C7H14O6.